The third kappa shape index (κ3) is 5.28. The van der Waals surface area contributed by atoms with Crippen molar-refractivity contribution in [1.82, 2.24) is 9.38 Å². The molecule has 12 heteroatoms. The largest absolute Gasteiger partial charge is 0.416 e. The topological polar surface area (TPSA) is 92.6 Å². The number of nitrogens with zero attached hydrogens (tertiary/aromatic N) is 2. The van der Waals surface area contributed by atoms with Gasteiger partial charge in [-0.1, -0.05) is 30.7 Å². The fraction of sp³-hybridized carbons (Fsp3) is 0.167. The number of anilines is 2. The number of benzene rings is 2. The van der Waals surface area contributed by atoms with Crippen molar-refractivity contribution in [2.45, 2.75) is 25.9 Å². The molecule has 4 rings (SSSR count). The number of halogens is 4. The van der Waals surface area contributed by atoms with Crippen molar-refractivity contribution in [2.24, 2.45) is 0 Å². The molecule has 0 spiro atoms. The van der Waals surface area contributed by atoms with Gasteiger partial charge in [0, 0.05) is 23.1 Å². The highest BCUT2D eigenvalue weighted by molar-refractivity contribution is 7.19. The van der Waals surface area contributed by atoms with Crippen molar-refractivity contribution in [2.75, 3.05) is 10.6 Å². The summed E-state index contributed by atoms with van der Waals surface area (Å²) in [5, 5.41) is 4.86. The Balaban J connectivity index is 1.79. The highest BCUT2D eigenvalue weighted by Gasteiger charge is 2.31. The Morgan fingerprint density at radius 2 is 1.69 bits per heavy atom. The van der Waals surface area contributed by atoms with Crippen LogP contribution in [0.15, 0.2) is 59.4 Å². The molecule has 0 radical (unpaired) electrons. The number of carbonyl (C=O) groups excluding carboxylic acids is 2. The molecule has 4 aromatic rings. The average molecular weight is 518 g/mol. The number of aryl methyl sites for hydroxylation is 1. The van der Waals surface area contributed by atoms with Crippen molar-refractivity contribution in [3.05, 3.63) is 92.6 Å². The predicted octanol–water partition coefficient (Wildman–Crippen LogP) is 5.37. The zero-order valence-corrected chi connectivity index (χ0v) is 19.5. The number of amides is 2. The van der Waals surface area contributed by atoms with Gasteiger partial charge in [0.1, 0.15) is 16.4 Å². The number of rotatable bonds is 6. The van der Waals surface area contributed by atoms with Gasteiger partial charge in [0.05, 0.1) is 5.56 Å². The maximum Gasteiger partial charge on any atom is 0.416 e. The van der Waals surface area contributed by atoms with Crippen LogP contribution in [-0.4, -0.2) is 21.2 Å². The van der Waals surface area contributed by atoms with Gasteiger partial charge in [0.2, 0.25) is 0 Å². The van der Waals surface area contributed by atoms with Gasteiger partial charge < -0.3 is 10.6 Å². The van der Waals surface area contributed by atoms with E-state index < -0.39 is 34.9 Å². The van der Waals surface area contributed by atoms with E-state index in [1.807, 2.05) is 6.92 Å². The molecule has 0 aliphatic heterocycles. The standard InChI is InChI=1S/C24H18F4N4O3S/c1-2-4-16-12-18(33)32-19(21(34)30-17-6-3-5-13(11-17)24(26,27)28)20(36-23(32)31-16)22(35)29-15-9-7-14(25)8-10-15/h3,5-12H,2,4H2,1H3,(H,29,35)(H,30,34). The minimum Gasteiger partial charge on any atom is -0.321 e. The monoisotopic (exact) mass is 518 g/mol. The van der Waals surface area contributed by atoms with Gasteiger partial charge in [-0.05, 0) is 48.9 Å². The zero-order valence-electron chi connectivity index (χ0n) is 18.6. The van der Waals surface area contributed by atoms with E-state index in [9.17, 15) is 31.9 Å². The van der Waals surface area contributed by atoms with Gasteiger partial charge in [-0.3, -0.25) is 14.4 Å². The molecule has 7 nitrogen and oxygen atoms in total. The van der Waals surface area contributed by atoms with Crippen molar-refractivity contribution in [3.8, 4) is 0 Å². The van der Waals surface area contributed by atoms with E-state index in [0.717, 1.165) is 46.1 Å². The van der Waals surface area contributed by atoms with Crippen LogP contribution in [-0.2, 0) is 12.6 Å². The van der Waals surface area contributed by atoms with Crippen molar-refractivity contribution in [3.63, 3.8) is 0 Å². The van der Waals surface area contributed by atoms with Gasteiger partial charge >= 0.3 is 6.18 Å². The minimum atomic E-state index is -4.63. The Labute approximate surface area is 205 Å². The number of nitrogens with one attached hydrogen (secondary N) is 2. The number of aromatic nitrogens is 2. The molecule has 0 aliphatic carbocycles. The molecule has 36 heavy (non-hydrogen) atoms. The SMILES string of the molecule is CCCc1cc(=O)n2c(C(=O)Nc3cccc(C(F)(F)F)c3)c(C(=O)Nc3ccc(F)cc3)sc2n1. The maximum absolute atomic E-state index is 13.2. The van der Waals surface area contributed by atoms with Crippen molar-refractivity contribution in [1.29, 1.82) is 0 Å². The molecule has 2 aromatic carbocycles. The lowest BCUT2D eigenvalue weighted by Gasteiger charge is -2.11. The Bertz CT molecular complexity index is 1510. The Kier molecular flexibility index (Phi) is 6.88. The summed E-state index contributed by atoms with van der Waals surface area (Å²) >= 11 is 0.780. The van der Waals surface area contributed by atoms with Crippen molar-refractivity contribution >= 4 is 39.5 Å². The molecule has 0 bridgehead atoms. The van der Waals surface area contributed by atoms with Gasteiger partial charge in [0.15, 0.2) is 4.96 Å². The second-order valence-corrected chi connectivity index (χ2v) is 8.70. The number of carbonyl (C=O) groups is 2. The zero-order chi connectivity index (χ0) is 26.0. The molecule has 0 aliphatic rings. The summed E-state index contributed by atoms with van der Waals surface area (Å²) in [5.41, 5.74) is -1.45. The van der Waals surface area contributed by atoms with Gasteiger partial charge in [-0.15, -0.1) is 0 Å². The van der Waals surface area contributed by atoms with E-state index in [4.69, 9.17) is 0 Å². The third-order valence-electron chi connectivity index (χ3n) is 5.05. The predicted molar refractivity (Wildman–Crippen MR) is 127 cm³/mol. The molecule has 0 saturated carbocycles. The lowest BCUT2D eigenvalue weighted by molar-refractivity contribution is -0.137. The normalized spacial score (nSPS) is 11.5. The van der Waals surface area contributed by atoms with Gasteiger partial charge in [0.25, 0.3) is 17.4 Å². The van der Waals surface area contributed by atoms with E-state index in [2.05, 4.69) is 15.6 Å². The summed E-state index contributed by atoms with van der Waals surface area (Å²) in [6, 6.07) is 10.1. The number of hydrogen-bond acceptors (Lipinski definition) is 5. The van der Waals surface area contributed by atoms with E-state index in [1.165, 1.54) is 24.3 Å². The average Bonchev–Trinajstić information content (AvgIpc) is 3.21. The van der Waals surface area contributed by atoms with Crippen LogP contribution >= 0.6 is 11.3 Å². The van der Waals surface area contributed by atoms with Gasteiger partial charge in [-0.2, -0.15) is 13.2 Å². The minimum absolute atomic E-state index is 0.0735. The first-order valence-corrected chi connectivity index (χ1v) is 11.5. The van der Waals surface area contributed by atoms with E-state index >= 15 is 0 Å². The Morgan fingerprint density at radius 1 is 1.00 bits per heavy atom. The molecular weight excluding hydrogens is 500 g/mol. The van der Waals surface area contributed by atoms with Crippen LogP contribution in [0.2, 0.25) is 0 Å². The second kappa shape index (κ2) is 9.90. The smallest absolute Gasteiger partial charge is 0.321 e. The maximum atomic E-state index is 13.2. The first-order valence-electron chi connectivity index (χ1n) is 10.7. The summed E-state index contributed by atoms with van der Waals surface area (Å²) in [6.07, 6.45) is -3.44. The highest BCUT2D eigenvalue weighted by atomic mass is 32.1. The Hall–Kier alpha value is -4.06. The van der Waals surface area contributed by atoms with Crippen molar-refractivity contribution < 1.29 is 27.2 Å². The number of alkyl halides is 3. The quantitative estimate of drug-likeness (QED) is 0.336. The molecule has 0 atom stereocenters. The van der Waals surface area contributed by atoms with E-state index in [0.29, 0.717) is 18.5 Å². The van der Waals surface area contributed by atoms with Crippen LogP contribution in [0.5, 0.6) is 0 Å². The van der Waals surface area contributed by atoms with Crippen LogP contribution in [0.4, 0.5) is 28.9 Å². The molecule has 2 amide bonds. The molecular formula is C24H18F4N4O3S. The number of fused-ring (bicyclic) bond motifs is 1. The first kappa shape index (κ1) is 25.0. The number of thiazole rings is 1. The summed E-state index contributed by atoms with van der Waals surface area (Å²) in [7, 11) is 0. The summed E-state index contributed by atoms with van der Waals surface area (Å²) in [5.74, 6) is -2.27. The molecule has 186 valence electrons. The summed E-state index contributed by atoms with van der Waals surface area (Å²) in [6.45, 7) is 1.90. The molecule has 2 heterocycles. The highest BCUT2D eigenvalue weighted by Crippen LogP contribution is 2.31. The fourth-order valence-corrected chi connectivity index (χ4v) is 4.49. The van der Waals surface area contributed by atoms with E-state index in [-0.39, 0.29) is 26.9 Å². The molecule has 2 aromatic heterocycles. The van der Waals surface area contributed by atoms with Crippen LogP contribution in [0.25, 0.3) is 4.96 Å². The lowest BCUT2D eigenvalue weighted by Crippen LogP contribution is -2.25. The Morgan fingerprint density at radius 3 is 2.36 bits per heavy atom. The van der Waals surface area contributed by atoms with Crippen LogP contribution in [0, 0.1) is 5.82 Å². The fourth-order valence-electron chi connectivity index (χ4n) is 3.45. The summed E-state index contributed by atoms with van der Waals surface area (Å²) in [4.78, 5) is 43.5. The third-order valence-corrected chi connectivity index (χ3v) is 6.09. The van der Waals surface area contributed by atoms with Crippen LogP contribution in [0.3, 0.4) is 0 Å². The van der Waals surface area contributed by atoms with Gasteiger partial charge in [-0.25, -0.2) is 13.8 Å². The van der Waals surface area contributed by atoms with E-state index in [1.54, 1.807) is 0 Å². The molecule has 2 N–H and O–H groups in total. The molecule has 0 saturated heterocycles. The summed E-state index contributed by atoms with van der Waals surface area (Å²) < 4.78 is 53.5. The lowest BCUT2D eigenvalue weighted by atomic mass is 10.2. The molecule has 0 unspecified atom stereocenters. The number of hydrogen-bond donors (Lipinski definition) is 2. The van der Waals surface area contributed by atoms with Crippen LogP contribution < -0.4 is 16.2 Å². The second-order valence-electron chi connectivity index (χ2n) is 7.73. The first-order chi connectivity index (χ1) is 17.1. The van der Waals surface area contributed by atoms with Crippen LogP contribution in [0.1, 0.15) is 44.8 Å². The molecule has 0 fully saturated rings.